The molecule has 0 radical (unpaired) electrons. The molecule has 20 heavy (non-hydrogen) atoms. The number of nitrogens with one attached hydrogen (secondary N) is 1. The first-order chi connectivity index (χ1) is 9.66. The van der Waals surface area contributed by atoms with Crippen LogP contribution < -0.4 is 5.32 Å². The molecular weight excluding hydrogens is 250 g/mol. The summed E-state index contributed by atoms with van der Waals surface area (Å²) in [5.74, 6) is -0.798. The highest BCUT2D eigenvalue weighted by Crippen LogP contribution is 2.14. The van der Waals surface area contributed by atoms with Crippen LogP contribution in [0.5, 0.6) is 0 Å². The van der Waals surface area contributed by atoms with E-state index in [0.29, 0.717) is 6.54 Å². The topological polar surface area (TPSA) is 49.3 Å². The molecule has 1 atom stereocenters. The molecule has 0 aliphatic carbocycles. The van der Waals surface area contributed by atoms with Crippen molar-refractivity contribution in [3.63, 3.8) is 0 Å². The van der Waals surface area contributed by atoms with Gasteiger partial charge in [0.25, 0.3) is 0 Å². The summed E-state index contributed by atoms with van der Waals surface area (Å²) in [7, 11) is 0. The van der Waals surface area contributed by atoms with Crippen molar-refractivity contribution in [2.75, 3.05) is 0 Å². The summed E-state index contributed by atoms with van der Waals surface area (Å²) in [6.07, 6.45) is 0.0670. The van der Waals surface area contributed by atoms with E-state index in [1.165, 1.54) is 5.56 Å². The quantitative estimate of drug-likeness (QED) is 0.847. The summed E-state index contributed by atoms with van der Waals surface area (Å²) in [6, 6.07) is 18.1. The highest BCUT2D eigenvalue weighted by atomic mass is 16.4. The minimum absolute atomic E-state index is 0.0670. The Morgan fingerprint density at radius 3 is 2.30 bits per heavy atom. The van der Waals surface area contributed by atoms with Crippen LogP contribution in [0.25, 0.3) is 0 Å². The van der Waals surface area contributed by atoms with Crippen LogP contribution in [0.2, 0.25) is 0 Å². The van der Waals surface area contributed by atoms with E-state index >= 15 is 0 Å². The van der Waals surface area contributed by atoms with Crippen LogP contribution in [0.3, 0.4) is 0 Å². The maximum absolute atomic E-state index is 10.9. The fourth-order valence-corrected chi connectivity index (χ4v) is 2.19. The Labute approximate surface area is 119 Å². The van der Waals surface area contributed by atoms with Gasteiger partial charge in [0.05, 0.1) is 6.42 Å². The van der Waals surface area contributed by atoms with Gasteiger partial charge in [-0.25, -0.2) is 0 Å². The molecule has 0 bridgehead atoms. The minimum atomic E-state index is -0.798. The van der Waals surface area contributed by atoms with Crippen molar-refractivity contribution in [1.29, 1.82) is 0 Å². The van der Waals surface area contributed by atoms with Crippen molar-refractivity contribution in [2.24, 2.45) is 0 Å². The zero-order valence-corrected chi connectivity index (χ0v) is 11.5. The molecule has 0 saturated carbocycles. The first-order valence-electron chi connectivity index (χ1n) is 6.73. The van der Waals surface area contributed by atoms with E-state index in [0.717, 1.165) is 11.1 Å². The van der Waals surface area contributed by atoms with Crippen LogP contribution in [-0.2, 0) is 17.8 Å². The zero-order chi connectivity index (χ0) is 14.4. The van der Waals surface area contributed by atoms with Crippen molar-refractivity contribution >= 4 is 5.97 Å². The molecule has 0 aliphatic rings. The molecule has 0 aromatic heterocycles. The summed E-state index contributed by atoms with van der Waals surface area (Å²) in [5.41, 5.74) is 3.13. The Morgan fingerprint density at radius 1 is 1.05 bits per heavy atom. The van der Waals surface area contributed by atoms with E-state index in [4.69, 9.17) is 5.11 Å². The van der Waals surface area contributed by atoms with Gasteiger partial charge < -0.3 is 10.4 Å². The summed E-state index contributed by atoms with van der Waals surface area (Å²) in [6.45, 7) is 2.77. The zero-order valence-electron chi connectivity index (χ0n) is 11.5. The van der Waals surface area contributed by atoms with Gasteiger partial charge in [0, 0.05) is 12.6 Å². The van der Waals surface area contributed by atoms with Crippen molar-refractivity contribution < 1.29 is 9.90 Å². The second-order valence-electron chi connectivity index (χ2n) is 4.85. The van der Waals surface area contributed by atoms with Gasteiger partial charge in [-0.2, -0.15) is 0 Å². The molecule has 2 aromatic rings. The third-order valence-corrected chi connectivity index (χ3v) is 3.36. The number of carboxylic acid groups (broad SMARTS) is 1. The van der Waals surface area contributed by atoms with Crippen LogP contribution in [0.4, 0.5) is 0 Å². The normalized spacial score (nSPS) is 12.1. The van der Waals surface area contributed by atoms with Gasteiger partial charge in [0.2, 0.25) is 0 Å². The van der Waals surface area contributed by atoms with Gasteiger partial charge >= 0.3 is 5.97 Å². The highest BCUT2D eigenvalue weighted by Gasteiger charge is 2.08. The van der Waals surface area contributed by atoms with E-state index in [9.17, 15) is 4.79 Å². The molecule has 2 rings (SSSR count). The SMILES string of the molecule is CC(NCc1ccccc1CC(=O)O)c1ccccc1. The molecule has 0 fully saturated rings. The molecule has 0 spiro atoms. The van der Waals surface area contributed by atoms with Crippen LogP contribution >= 0.6 is 0 Å². The lowest BCUT2D eigenvalue weighted by Crippen LogP contribution is -2.19. The average molecular weight is 269 g/mol. The number of hydrogen-bond acceptors (Lipinski definition) is 2. The predicted octanol–water partition coefficient (Wildman–Crippen LogP) is 3.16. The number of benzene rings is 2. The molecule has 1 unspecified atom stereocenters. The average Bonchev–Trinajstić information content (AvgIpc) is 2.46. The maximum Gasteiger partial charge on any atom is 0.307 e. The largest absolute Gasteiger partial charge is 0.481 e. The molecule has 2 aromatic carbocycles. The van der Waals surface area contributed by atoms with Crippen molar-refractivity contribution in [3.05, 3.63) is 71.3 Å². The van der Waals surface area contributed by atoms with Crippen LogP contribution in [-0.4, -0.2) is 11.1 Å². The Hall–Kier alpha value is -2.13. The summed E-state index contributed by atoms with van der Waals surface area (Å²) in [4.78, 5) is 10.9. The molecule has 0 heterocycles. The number of rotatable bonds is 6. The molecular formula is C17H19NO2. The Bertz CT molecular complexity index is 566. The highest BCUT2D eigenvalue weighted by molar-refractivity contribution is 5.70. The van der Waals surface area contributed by atoms with E-state index in [2.05, 4.69) is 24.4 Å². The number of aliphatic carboxylic acids is 1. The lowest BCUT2D eigenvalue weighted by atomic mass is 10.0. The van der Waals surface area contributed by atoms with Gasteiger partial charge in [-0.05, 0) is 23.6 Å². The lowest BCUT2D eigenvalue weighted by Gasteiger charge is -2.15. The second kappa shape index (κ2) is 6.87. The van der Waals surface area contributed by atoms with Crippen LogP contribution in [0, 0.1) is 0 Å². The van der Waals surface area contributed by atoms with E-state index in [1.54, 1.807) is 0 Å². The molecule has 0 amide bonds. The predicted molar refractivity (Wildman–Crippen MR) is 79.5 cm³/mol. The smallest absolute Gasteiger partial charge is 0.307 e. The molecule has 104 valence electrons. The first kappa shape index (κ1) is 14.3. The van der Waals surface area contributed by atoms with Gasteiger partial charge in [0.15, 0.2) is 0 Å². The summed E-state index contributed by atoms with van der Waals surface area (Å²) in [5, 5.41) is 12.4. The number of carboxylic acids is 1. The lowest BCUT2D eigenvalue weighted by molar-refractivity contribution is -0.136. The van der Waals surface area contributed by atoms with Gasteiger partial charge in [-0.1, -0.05) is 54.6 Å². The van der Waals surface area contributed by atoms with Crippen LogP contribution in [0.15, 0.2) is 54.6 Å². The fourth-order valence-electron chi connectivity index (χ4n) is 2.19. The van der Waals surface area contributed by atoms with Gasteiger partial charge in [-0.3, -0.25) is 4.79 Å². The van der Waals surface area contributed by atoms with E-state index in [1.807, 2.05) is 42.5 Å². The monoisotopic (exact) mass is 269 g/mol. The Kier molecular flexibility index (Phi) is 4.91. The van der Waals surface area contributed by atoms with Crippen molar-refractivity contribution in [3.8, 4) is 0 Å². The fraction of sp³-hybridized carbons (Fsp3) is 0.235. The third kappa shape index (κ3) is 3.93. The molecule has 3 heteroatoms. The van der Waals surface area contributed by atoms with E-state index < -0.39 is 5.97 Å². The third-order valence-electron chi connectivity index (χ3n) is 3.36. The maximum atomic E-state index is 10.9. The van der Waals surface area contributed by atoms with Crippen molar-refractivity contribution in [2.45, 2.75) is 25.9 Å². The summed E-state index contributed by atoms with van der Waals surface area (Å²) < 4.78 is 0. The molecule has 3 nitrogen and oxygen atoms in total. The standard InChI is InChI=1S/C17H19NO2/c1-13(14-7-3-2-4-8-14)18-12-16-10-6-5-9-15(16)11-17(19)20/h2-10,13,18H,11-12H2,1H3,(H,19,20). The van der Waals surface area contributed by atoms with Gasteiger partial charge in [0.1, 0.15) is 0 Å². The molecule has 2 N–H and O–H groups in total. The molecule has 0 aliphatic heterocycles. The Balaban J connectivity index is 2.02. The Morgan fingerprint density at radius 2 is 1.65 bits per heavy atom. The van der Waals surface area contributed by atoms with Gasteiger partial charge in [-0.15, -0.1) is 0 Å². The summed E-state index contributed by atoms with van der Waals surface area (Å²) >= 11 is 0. The molecule has 0 saturated heterocycles. The second-order valence-corrected chi connectivity index (χ2v) is 4.85. The number of hydrogen-bond donors (Lipinski definition) is 2. The minimum Gasteiger partial charge on any atom is -0.481 e. The van der Waals surface area contributed by atoms with Crippen LogP contribution in [0.1, 0.15) is 29.7 Å². The number of carbonyl (C=O) groups is 1. The van der Waals surface area contributed by atoms with E-state index in [-0.39, 0.29) is 12.5 Å². The van der Waals surface area contributed by atoms with Crippen molar-refractivity contribution in [1.82, 2.24) is 5.32 Å². The first-order valence-corrected chi connectivity index (χ1v) is 6.73.